The smallest absolute Gasteiger partial charge is 0.256 e. The van der Waals surface area contributed by atoms with Gasteiger partial charge in [0.25, 0.3) is 5.91 Å². The number of nitrogens with zero attached hydrogens (tertiary/aromatic N) is 1. The lowest BCUT2D eigenvalue weighted by molar-refractivity contribution is -0.121. The molecule has 1 N–H and O–H groups in total. The first-order valence-corrected chi connectivity index (χ1v) is 7.73. The van der Waals surface area contributed by atoms with Gasteiger partial charge in [-0.25, -0.2) is 4.90 Å². The largest absolute Gasteiger partial charge is 0.373 e. The number of nitrogens with one attached hydrogen (secondary N) is 1. The Hall–Kier alpha value is -2.62. The highest BCUT2D eigenvalue weighted by Crippen LogP contribution is 2.26. The van der Waals surface area contributed by atoms with Crippen molar-refractivity contribution in [2.24, 2.45) is 0 Å². The Morgan fingerprint density at radius 1 is 0.957 bits per heavy atom. The predicted molar refractivity (Wildman–Crippen MR) is 91.6 cm³/mol. The molecule has 1 aliphatic rings. The summed E-state index contributed by atoms with van der Waals surface area (Å²) in [6.45, 7) is 5.97. The molecular weight excluding hydrogens is 288 g/mol. The first-order valence-electron chi connectivity index (χ1n) is 7.73. The van der Waals surface area contributed by atoms with E-state index in [-0.39, 0.29) is 18.2 Å². The van der Waals surface area contributed by atoms with Gasteiger partial charge in [0.1, 0.15) is 6.04 Å². The zero-order chi connectivity index (χ0) is 16.6. The van der Waals surface area contributed by atoms with Crippen molar-refractivity contribution in [3.8, 4) is 0 Å². The van der Waals surface area contributed by atoms with Crippen molar-refractivity contribution in [1.82, 2.24) is 0 Å². The van der Waals surface area contributed by atoms with Gasteiger partial charge in [-0.15, -0.1) is 0 Å². The van der Waals surface area contributed by atoms with Crippen LogP contribution in [0.3, 0.4) is 0 Å². The van der Waals surface area contributed by atoms with Gasteiger partial charge in [-0.3, -0.25) is 9.59 Å². The highest BCUT2D eigenvalue weighted by molar-refractivity contribution is 6.23. The second kappa shape index (κ2) is 5.88. The number of imide groups is 1. The Balaban J connectivity index is 1.83. The lowest BCUT2D eigenvalue weighted by Gasteiger charge is -2.17. The van der Waals surface area contributed by atoms with Crippen LogP contribution in [0.25, 0.3) is 0 Å². The molecule has 4 nitrogen and oxygen atoms in total. The van der Waals surface area contributed by atoms with Crippen LogP contribution in [0.4, 0.5) is 11.4 Å². The Bertz CT molecular complexity index is 765. The van der Waals surface area contributed by atoms with E-state index in [4.69, 9.17) is 0 Å². The molecule has 3 rings (SSSR count). The number of anilines is 2. The molecule has 1 atom stereocenters. The van der Waals surface area contributed by atoms with E-state index in [0.717, 1.165) is 22.4 Å². The summed E-state index contributed by atoms with van der Waals surface area (Å²) in [5, 5.41) is 3.23. The van der Waals surface area contributed by atoms with E-state index >= 15 is 0 Å². The third-order valence-corrected chi connectivity index (χ3v) is 4.16. The fraction of sp³-hybridized carbons (Fsp3) is 0.263. The average Bonchev–Trinajstić information content (AvgIpc) is 2.79. The number of benzene rings is 2. The highest BCUT2D eigenvalue weighted by Gasteiger charge is 2.39. The fourth-order valence-corrected chi connectivity index (χ4v) is 2.79. The van der Waals surface area contributed by atoms with Gasteiger partial charge in [-0.05, 0) is 50.1 Å². The van der Waals surface area contributed by atoms with Crippen LogP contribution in [-0.2, 0) is 9.59 Å². The van der Waals surface area contributed by atoms with Crippen molar-refractivity contribution >= 4 is 23.2 Å². The summed E-state index contributed by atoms with van der Waals surface area (Å²) < 4.78 is 0. The zero-order valence-electron chi connectivity index (χ0n) is 13.6. The minimum absolute atomic E-state index is 0.165. The predicted octanol–water partition coefficient (Wildman–Crippen LogP) is 3.36. The van der Waals surface area contributed by atoms with Crippen LogP contribution in [0.15, 0.2) is 42.5 Å². The monoisotopic (exact) mass is 308 g/mol. The molecule has 1 heterocycles. The van der Waals surface area contributed by atoms with Gasteiger partial charge in [0.05, 0.1) is 12.1 Å². The van der Waals surface area contributed by atoms with E-state index in [9.17, 15) is 9.59 Å². The van der Waals surface area contributed by atoms with Gasteiger partial charge in [0.15, 0.2) is 0 Å². The van der Waals surface area contributed by atoms with E-state index in [1.54, 1.807) is 0 Å². The van der Waals surface area contributed by atoms with Crippen LogP contribution in [0, 0.1) is 20.8 Å². The van der Waals surface area contributed by atoms with Crippen LogP contribution in [0.1, 0.15) is 23.1 Å². The Morgan fingerprint density at radius 3 is 2.30 bits per heavy atom. The van der Waals surface area contributed by atoms with E-state index in [2.05, 4.69) is 5.32 Å². The van der Waals surface area contributed by atoms with Gasteiger partial charge in [0, 0.05) is 5.69 Å². The number of aryl methyl sites for hydroxylation is 3. The van der Waals surface area contributed by atoms with Crippen LogP contribution in [0.2, 0.25) is 0 Å². The quantitative estimate of drug-likeness (QED) is 0.885. The molecule has 23 heavy (non-hydrogen) atoms. The Labute approximate surface area is 136 Å². The molecule has 118 valence electrons. The van der Waals surface area contributed by atoms with Crippen LogP contribution < -0.4 is 10.2 Å². The van der Waals surface area contributed by atoms with Crippen molar-refractivity contribution in [2.45, 2.75) is 33.2 Å². The van der Waals surface area contributed by atoms with Gasteiger partial charge >= 0.3 is 0 Å². The van der Waals surface area contributed by atoms with Gasteiger partial charge in [0.2, 0.25) is 5.91 Å². The molecule has 1 saturated heterocycles. The number of hydrogen-bond donors (Lipinski definition) is 1. The topological polar surface area (TPSA) is 49.4 Å². The van der Waals surface area contributed by atoms with Crippen molar-refractivity contribution in [3.63, 3.8) is 0 Å². The molecule has 0 spiro atoms. The molecule has 2 aromatic carbocycles. The second-order valence-corrected chi connectivity index (χ2v) is 6.12. The first kappa shape index (κ1) is 15.3. The third kappa shape index (κ3) is 2.97. The molecule has 0 bridgehead atoms. The minimum Gasteiger partial charge on any atom is -0.373 e. The third-order valence-electron chi connectivity index (χ3n) is 4.16. The number of carbonyl (C=O) groups excluding carboxylic acids is 2. The van der Waals surface area contributed by atoms with Gasteiger partial charge in [-0.1, -0.05) is 29.8 Å². The minimum atomic E-state index is -0.510. The van der Waals surface area contributed by atoms with Crippen LogP contribution in [-0.4, -0.2) is 17.9 Å². The highest BCUT2D eigenvalue weighted by atomic mass is 16.2. The SMILES string of the molecule is Cc1ccc(N2C(=O)C[C@@H](Nc3cc(C)ccc3C)C2=O)cc1. The second-order valence-electron chi connectivity index (χ2n) is 6.12. The van der Waals surface area contributed by atoms with Crippen LogP contribution >= 0.6 is 0 Å². The van der Waals surface area contributed by atoms with Crippen molar-refractivity contribution in [2.75, 3.05) is 10.2 Å². The molecule has 4 heteroatoms. The van der Waals surface area contributed by atoms with Crippen LogP contribution in [0.5, 0.6) is 0 Å². The summed E-state index contributed by atoms with van der Waals surface area (Å²) in [4.78, 5) is 26.2. The number of carbonyl (C=O) groups is 2. The van der Waals surface area contributed by atoms with E-state index in [0.29, 0.717) is 5.69 Å². The molecule has 2 aromatic rings. The van der Waals surface area contributed by atoms with Crippen molar-refractivity contribution in [3.05, 3.63) is 59.2 Å². The standard InChI is InChI=1S/C19H20N2O2/c1-12-5-8-15(9-6-12)21-18(22)11-17(19(21)23)20-16-10-13(2)4-7-14(16)3/h4-10,17,20H,11H2,1-3H3/t17-/m1/s1. The first-order chi connectivity index (χ1) is 11.0. The van der Waals surface area contributed by atoms with E-state index in [1.165, 1.54) is 4.90 Å². The number of hydrogen-bond acceptors (Lipinski definition) is 3. The maximum Gasteiger partial charge on any atom is 0.256 e. The molecule has 2 amide bonds. The Kier molecular flexibility index (Phi) is 3.90. The van der Waals surface area contributed by atoms with Crippen molar-refractivity contribution < 1.29 is 9.59 Å². The van der Waals surface area contributed by atoms with E-state index < -0.39 is 6.04 Å². The summed E-state index contributed by atoms with van der Waals surface area (Å²) in [5.74, 6) is -0.360. The summed E-state index contributed by atoms with van der Waals surface area (Å²) in [7, 11) is 0. The summed E-state index contributed by atoms with van der Waals surface area (Å²) >= 11 is 0. The average molecular weight is 308 g/mol. The molecule has 0 saturated carbocycles. The summed E-state index contributed by atoms with van der Waals surface area (Å²) in [6, 6.07) is 13.0. The summed E-state index contributed by atoms with van der Waals surface area (Å²) in [5.41, 5.74) is 4.81. The molecule has 0 unspecified atom stereocenters. The van der Waals surface area contributed by atoms with E-state index in [1.807, 2.05) is 63.2 Å². The maximum atomic E-state index is 12.6. The molecule has 1 fully saturated rings. The molecular formula is C19H20N2O2. The molecule has 0 aromatic heterocycles. The lowest BCUT2D eigenvalue weighted by atomic mass is 10.1. The number of amides is 2. The Morgan fingerprint density at radius 2 is 1.61 bits per heavy atom. The van der Waals surface area contributed by atoms with Gasteiger partial charge < -0.3 is 5.32 Å². The molecule has 0 radical (unpaired) electrons. The molecule has 1 aliphatic heterocycles. The molecule has 0 aliphatic carbocycles. The fourth-order valence-electron chi connectivity index (χ4n) is 2.79. The summed E-state index contributed by atoms with van der Waals surface area (Å²) in [6.07, 6.45) is 0.181. The normalized spacial score (nSPS) is 17.7. The zero-order valence-corrected chi connectivity index (χ0v) is 13.6. The lowest BCUT2D eigenvalue weighted by Crippen LogP contribution is -2.34. The van der Waals surface area contributed by atoms with Crippen molar-refractivity contribution in [1.29, 1.82) is 0 Å². The number of rotatable bonds is 3. The van der Waals surface area contributed by atoms with Gasteiger partial charge in [-0.2, -0.15) is 0 Å². The maximum absolute atomic E-state index is 12.6.